The van der Waals surface area contributed by atoms with Gasteiger partial charge in [-0.25, -0.2) is 0 Å². The van der Waals surface area contributed by atoms with Gasteiger partial charge >= 0.3 is 0 Å². The fraction of sp³-hybridized carbons (Fsp3) is 0.417. The summed E-state index contributed by atoms with van der Waals surface area (Å²) in [5.74, 6) is -0.108. The molecule has 0 aromatic heterocycles. The Morgan fingerprint density at radius 3 is 2.73 bits per heavy atom. The maximum absolute atomic E-state index is 12.7. The Balaban J connectivity index is 1.23. The van der Waals surface area contributed by atoms with Gasteiger partial charge in [0.15, 0.2) is 0 Å². The average Bonchev–Trinajstić information content (AvgIpc) is 3.30. The summed E-state index contributed by atoms with van der Waals surface area (Å²) in [5, 5.41) is 21.9. The highest BCUT2D eigenvalue weighted by Crippen LogP contribution is 2.27. The minimum Gasteiger partial charge on any atom is -0.506 e. The first-order valence-corrected chi connectivity index (χ1v) is 12.0. The first-order valence-electron chi connectivity index (χ1n) is 11.1. The van der Waals surface area contributed by atoms with E-state index in [0.29, 0.717) is 17.8 Å². The lowest BCUT2D eigenvalue weighted by atomic mass is 10.1. The number of thiol groups is 1. The van der Waals surface area contributed by atoms with Crippen LogP contribution in [0.2, 0.25) is 5.02 Å². The lowest BCUT2D eigenvalue weighted by Gasteiger charge is -2.39. The molecule has 7 nitrogen and oxygen atoms in total. The van der Waals surface area contributed by atoms with Gasteiger partial charge in [-0.1, -0.05) is 17.7 Å². The average molecular weight is 486 g/mol. The second kappa shape index (κ2) is 10.7. The molecule has 0 saturated carbocycles. The molecule has 2 atom stereocenters. The van der Waals surface area contributed by atoms with E-state index in [1.807, 2.05) is 18.2 Å². The van der Waals surface area contributed by atoms with E-state index in [1.165, 1.54) is 6.07 Å². The summed E-state index contributed by atoms with van der Waals surface area (Å²) in [5.41, 5.74) is 2.36. The van der Waals surface area contributed by atoms with Crippen LogP contribution in [0.4, 0.5) is 11.4 Å². The Morgan fingerprint density at radius 2 is 2.00 bits per heavy atom. The van der Waals surface area contributed by atoms with E-state index in [1.54, 1.807) is 12.1 Å². The molecule has 1 amide bonds. The predicted molar refractivity (Wildman–Crippen MR) is 134 cm³/mol. The number of nitrogens with zero attached hydrogens (tertiary/aromatic N) is 4. The highest BCUT2D eigenvalue weighted by Gasteiger charge is 2.31. The smallest absolute Gasteiger partial charge is 0.228 e. The van der Waals surface area contributed by atoms with E-state index in [-0.39, 0.29) is 28.0 Å². The fourth-order valence-electron chi connectivity index (χ4n) is 4.44. The maximum atomic E-state index is 12.7. The summed E-state index contributed by atoms with van der Waals surface area (Å²) in [6.45, 7) is 5.98. The highest BCUT2D eigenvalue weighted by molar-refractivity contribution is 7.80. The number of amides is 1. The molecular formula is C24H28ClN5O2S. The largest absolute Gasteiger partial charge is 0.506 e. The van der Waals surface area contributed by atoms with E-state index in [0.717, 1.165) is 51.4 Å². The SMILES string of the molecule is N#Cc1cccc(N2CCN(C(S)CN3CC[C@@H](C(=O)Nc4ccc(O)c(Cl)c4)C3)CC2)c1. The summed E-state index contributed by atoms with van der Waals surface area (Å²) < 4.78 is 0. The third-order valence-electron chi connectivity index (χ3n) is 6.36. The number of hydrogen-bond donors (Lipinski definition) is 3. The van der Waals surface area contributed by atoms with Crippen LogP contribution in [0.1, 0.15) is 12.0 Å². The van der Waals surface area contributed by atoms with Gasteiger partial charge in [0.1, 0.15) is 5.75 Å². The molecule has 2 fully saturated rings. The van der Waals surface area contributed by atoms with Crippen molar-refractivity contribution in [2.75, 3.05) is 56.0 Å². The third kappa shape index (κ3) is 5.92. The normalized spacial score (nSPS) is 20.4. The fourth-order valence-corrected chi connectivity index (χ4v) is 5.08. The van der Waals surface area contributed by atoms with Gasteiger partial charge in [-0.3, -0.25) is 9.69 Å². The van der Waals surface area contributed by atoms with Crippen LogP contribution in [0.15, 0.2) is 42.5 Å². The standard InChI is InChI=1S/C24H28ClN5O2S/c25-21-13-19(4-5-22(21)31)27-24(32)18-6-7-28(15-18)16-23(33)30-10-8-29(9-11-30)20-3-1-2-17(12-20)14-26/h1-5,12-13,18,23,31,33H,6-11,15-16H2,(H,27,32)/t18-,23?/m1/s1. The molecule has 2 aliphatic rings. The van der Waals surface area contributed by atoms with Crippen LogP contribution in [0.5, 0.6) is 5.75 Å². The molecule has 0 spiro atoms. The van der Waals surface area contributed by atoms with Gasteiger partial charge in [0.25, 0.3) is 0 Å². The third-order valence-corrected chi connectivity index (χ3v) is 7.15. The number of anilines is 2. The van der Waals surface area contributed by atoms with Crippen molar-refractivity contribution in [1.29, 1.82) is 5.26 Å². The van der Waals surface area contributed by atoms with Gasteiger partial charge in [-0.05, 0) is 49.4 Å². The Hall–Kier alpha value is -2.44. The van der Waals surface area contributed by atoms with Gasteiger partial charge in [0.2, 0.25) is 5.91 Å². The molecule has 2 aromatic carbocycles. The number of nitrogens with one attached hydrogen (secondary N) is 1. The molecule has 2 saturated heterocycles. The molecule has 9 heteroatoms. The van der Waals surface area contributed by atoms with Crippen LogP contribution in [0.25, 0.3) is 0 Å². The maximum Gasteiger partial charge on any atom is 0.228 e. The number of nitriles is 1. The first-order chi connectivity index (χ1) is 15.9. The number of hydrogen-bond acceptors (Lipinski definition) is 7. The summed E-state index contributed by atoms with van der Waals surface area (Å²) in [7, 11) is 0. The van der Waals surface area contributed by atoms with Crippen molar-refractivity contribution in [3.05, 3.63) is 53.1 Å². The second-order valence-corrected chi connectivity index (χ2v) is 9.57. The first kappa shape index (κ1) is 23.7. The van der Waals surface area contributed by atoms with Crippen LogP contribution >= 0.6 is 24.2 Å². The summed E-state index contributed by atoms with van der Waals surface area (Å²) in [4.78, 5) is 19.6. The number of piperazine rings is 1. The zero-order valence-electron chi connectivity index (χ0n) is 18.3. The molecule has 2 heterocycles. The summed E-state index contributed by atoms with van der Waals surface area (Å²) in [6.07, 6.45) is 0.807. The quantitative estimate of drug-likeness (QED) is 0.430. The zero-order chi connectivity index (χ0) is 23.4. The van der Waals surface area contributed by atoms with Crippen molar-refractivity contribution in [2.45, 2.75) is 11.8 Å². The number of carbonyl (C=O) groups excluding carboxylic acids is 1. The number of phenols is 1. The van der Waals surface area contributed by atoms with Crippen LogP contribution in [0, 0.1) is 17.2 Å². The minimum absolute atomic E-state index is 0.00181. The van der Waals surface area contributed by atoms with Gasteiger partial charge in [0, 0.05) is 50.6 Å². The van der Waals surface area contributed by atoms with Crippen LogP contribution in [-0.2, 0) is 4.79 Å². The Kier molecular flexibility index (Phi) is 7.66. The number of aromatic hydroxyl groups is 1. The lowest BCUT2D eigenvalue weighted by Crippen LogP contribution is -2.51. The van der Waals surface area contributed by atoms with Crippen molar-refractivity contribution in [3.8, 4) is 11.8 Å². The molecule has 174 valence electrons. The number of rotatable bonds is 6. The molecule has 0 bridgehead atoms. The number of carbonyl (C=O) groups is 1. The monoisotopic (exact) mass is 485 g/mol. The number of halogens is 1. The van der Waals surface area contributed by atoms with Crippen molar-refractivity contribution in [3.63, 3.8) is 0 Å². The number of likely N-dealkylation sites (tertiary alicyclic amines) is 1. The van der Waals surface area contributed by atoms with Gasteiger partial charge < -0.3 is 20.2 Å². The highest BCUT2D eigenvalue weighted by atomic mass is 35.5. The van der Waals surface area contributed by atoms with E-state index in [2.05, 4.69) is 32.2 Å². The second-order valence-electron chi connectivity index (χ2n) is 8.57. The van der Waals surface area contributed by atoms with Gasteiger partial charge in [0.05, 0.1) is 27.9 Å². The number of phenolic OH excluding ortho intramolecular Hbond substituents is 1. The molecule has 4 rings (SSSR count). The van der Waals surface area contributed by atoms with Crippen molar-refractivity contribution in [1.82, 2.24) is 9.80 Å². The van der Waals surface area contributed by atoms with Gasteiger partial charge in [-0.2, -0.15) is 17.9 Å². The zero-order valence-corrected chi connectivity index (χ0v) is 20.0. The number of benzene rings is 2. The van der Waals surface area contributed by atoms with Crippen molar-refractivity contribution >= 4 is 41.5 Å². The van der Waals surface area contributed by atoms with E-state index >= 15 is 0 Å². The molecule has 0 aliphatic carbocycles. The van der Waals surface area contributed by atoms with Gasteiger partial charge in [-0.15, -0.1) is 0 Å². The Bertz CT molecular complexity index is 1040. The Labute approximate surface area is 204 Å². The van der Waals surface area contributed by atoms with Crippen LogP contribution in [0.3, 0.4) is 0 Å². The van der Waals surface area contributed by atoms with Crippen LogP contribution in [-0.4, -0.2) is 72.0 Å². The lowest BCUT2D eigenvalue weighted by molar-refractivity contribution is -0.119. The van der Waals surface area contributed by atoms with Crippen LogP contribution < -0.4 is 10.2 Å². The molecule has 2 aliphatic heterocycles. The molecule has 1 unspecified atom stereocenters. The van der Waals surface area contributed by atoms with Crippen molar-refractivity contribution < 1.29 is 9.90 Å². The Morgan fingerprint density at radius 1 is 1.21 bits per heavy atom. The molecule has 2 N–H and O–H groups in total. The molecule has 33 heavy (non-hydrogen) atoms. The predicted octanol–water partition coefficient (Wildman–Crippen LogP) is 3.26. The summed E-state index contributed by atoms with van der Waals surface area (Å²) >= 11 is 10.8. The topological polar surface area (TPSA) is 82.8 Å². The summed E-state index contributed by atoms with van der Waals surface area (Å²) in [6, 6.07) is 14.6. The van der Waals surface area contributed by atoms with E-state index in [4.69, 9.17) is 29.5 Å². The van der Waals surface area contributed by atoms with Crippen molar-refractivity contribution in [2.24, 2.45) is 5.92 Å². The molecule has 2 aromatic rings. The molecular weight excluding hydrogens is 458 g/mol. The minimum atomic E-state index is -0.0811. The van der Waals surface area contributed by atoms with E-state index in [9.17, 15) is 9.90 Å². The van der Waals surface area contributed by atoms with E-state index < -0.39 is 0 Å². The molecule has 0 radical (unpaired) electrons.